The van der Waals surface area contributed by atoms with Crippen LogP contribution in [-0.4, -0.2) is 84.3 Å². The second-order valence-corrected chi connectivity index (χ2v) is 5.93. The summed E-state index contributed by atoms with van der Waals surface area (Å²) >= 11 is 6.00. The second kappa shape index (κ2) is 8.86. The summed E-state index contributed by atoms with van der Waals surface area (Å²) in [4.78, 5) is 29.3. The van der Waals surface area contributed by atoms with Crippen LogP contribution >= 0.6 is 11.6 Å². The Labute approximate surface area is 146 Å². The van der Waals surface area contributed by atoms with Gasteiger partial charge in [-0.15, -0.1) is 0 Å². The number of rotatable bonds is 5. The van der Waals surface area contributed by atoms with Crippen molar-refractivity contribution < 1.29 is 19.8 Å². The standard InChI is InChI=1S/C16H22ClN3O4/c17-13-2-1-3-14(12-13)18-4-6-19(7-5-18)15(23)16(24)20(8-10-21)9-11-22/h1-3,12,21-22H,4-11H2. The lowest BCUT2D eigenvalue weighted by atomic mass is 10.2. The van der Waals surface area contributed by atoms with Crippen LogP contribution in [0.5, 0.6) is 0 Å². The van der Waals surface area contributed by atoms with Crippen LogP contribution in [0.3, 0.4) is 0 Å². The number of halogens is 1. The molecule has 0 bridgehead atoms. The molecule has 0 radical (unpaired) electrons. The van der Waals surface area contributed by atoms with Gasteiger partial charge in [-0.05, 0) is 18.2 Å². The Morgan fingerprint density at radius 1 is 1.08 bits per heavy atom. The van der Waals surface area contributed by atoms with Crippen molar-refractivity contribution in [2.24, 2.45) is 0 Å². The molecule has 0 spiro atoms. The maximum atomic E-state index is 12.3. The van der Waals surface area contributed by atoms with E-state index < -0.39 is 11.8 Å². The van der Waals surface area contributed by atoms with E-state index in [2.05, 4.69) is 4.90 Å². The van der Waals surface area contributed by atoms with Crippen LogP contribution in [0.15, 0.2) is 24.3 Å². The number of anilines is 1. The number of hydrogen-bond acceptors (Lipinski definition) is 5. The predicted octanol–water partition coefficient (Wildman–Crippen LogP) is -0.198. The van der Waals surface area contributed by atoms with Crippen LogP contribution in [-0.2, 0) is 9.59 Å². The van der Waals surface area contributed by atoms with E-state index in [1.54, 1.807) is 6.07 Å². The van der Waals surface area contributed by atoms with Gasteiger partial charge in [0.1, 0.15) is 0 Å². The molecule has 2 amide bonds. The molecule has 1 aromatic rings. The lowest BCUT2D eigenvalue weighted by Gasteiger charge is -2.36. The molecule has 132 valence electrons. The Kier molecular flexibility index (Phi) is 6.84. The van der Waals surface area contributed by atoms with Gasteiger partial charge < -0.3 is 24.9 Å². The number of carbonyl (C=O) groups excluding carboxylic acids is 2. The summed E-state index contributed by atoms with van der Waals surface area (Å²) in [5.41, 5.74) is 0.989. The molecule has 0 aromatic heterocycles. The third kappa shape index (κ3) is 4.59. The molecule has 1 saturated heterocycles. The molecule has 0 unspecified atom stereocenters. The van der Waals surface area contributed by atoms with Crippen LogP contribution < -0.4 is 4.90 Å². The number of nitrogens with zero attached hydrogens (tertiary/aromatic N) is 3. The highest BCUT2D eigenvalue weighted by molar-refractivity contribution is 6.35. The molecule has 1 aromatic carbocycles. The van der Waals surface area contributed by atoms with Gasteiger partial charge in [-0.2, -0.15) is 0 Å². The summed E-state index contributed by atoms with van der Waals surface area (Å²) in [6.07, 6.45) is 0. The Balaban J connectivity index is 1.93. The Hall–Kier alpha value is -1.83. The maximum absolute atomic E-state index is 12.3. The first-order valence-electron chi connectivity index (χ1n) is 7.87. The van der Waals surface area contributed by atoms with Gasteiger partial charge in [0.05, 0.1) is 13.2 Å². The normalized spacial score (nSPS) is 14.6. The molecule has 8 heteroatoms. The first-order chi connectivity index (χ1) is 11.6. The number of amides is 2. The third-order valence-electron chi connectivity index (χ3n) is 3.95. The zero-order chi connectivity index (χ0) is 17.5. The number of aliphatic hydroxyl groups excluding tert-OH is 2. The SMILES string of the molecule is O=C(C(=O)N1CCN(c2cccc(Cl)c2)CC1)N(CCO)CCO. The van der Waals surface area contributed by atoms with Gasteiger partial charge in [-0.1, -0.05) is 17.7 Å². The summed E-state index contributed by atoms with van der Waals surface area (Å²) in [5.74, 6) is -1.28. The monoisotopic (exact) mass is 355 g/mol. The van der Waals surface area contributed by atoms with E-state index in [9.17, 15) is 9.59 Å². The van der Waals surface area contributed by atoms with E-state index in [4.69, 9.17) is 21.8 Å². The van der Waals surface area contributed by atoms with Gasteiger partial charge in [0.2, 0.25) is 0 Å². The van der Waals surface area contributed by atoms with Crippen molar-refractivity contribution in [3.05, 3.63) is 29.3 Å². The van der Waals surface area contributed by atoms with Crippen molar-refractivity contribution in [2.45, 2.75) is 0 Å². The van der Waals surface area contributed by atoms with Crippen molar-refractivity contribution in [3.63, 3.8) is 0 Å². The average Bonchev–Trinajstić information content (AvgIpc) is 2.60. The van der Waals surface area contributed by atoms with Crippen LogP contribution in [0.1, 0.15) is 0 Å². The zero-order valence-electron chi connectivity index (χ0n) is 13.4. The molecular formula is C16H22ClN3O4. The Bertz CT molecular complexity index is 570. The first-order valence-corrected chi connectivity index (χ1v) is 8.25. The van der Waals surface area contributed by atoms with E-state index >= 15 is 0 Å². The fourth-order valence-corrected chi connectivity index (χ4v) is 2.85. The van der Waals surface area contributed by atoms with E-state index in [0.29, 0.717) is 31.2 Å². The number of piperazine rings is 1. The summed E-state index contributed by atoms with van der Waals surface area (Å²) < 4.78 is 0. The van der Waals surface area contributed by atoms with E-state index in [1.807, 2.05) is 18.2 Å². The summed E-state index contributed by atoms with van der Waals surface area (Å²) in [7, 11) is 0. The van der Waals surface area contributed by atoms with Crippen molar-refractivity contribution in [2.75, 3.05) is 57.4 Å². The van der Waals surface area contributed by atoms with E-state index in [1.165, 1.54) is 9.80 Å². The van der Waals surface area contributed by atoms with Gasteiger partial charge >= 0.3 is 11.8 Å². The molecule has 2 rings (SSSR count). The minimum absolute atomic E-state index is 0.0353. The van der Waals surface area contributed by atoms with Crippen LogP contribution in [0, 0.1) is 0 Å². The molecule has 1 aliphatic rings. The highest BCUT2D eigenvalue weighted by Gasteiger charge is 2.29. The number of carbonyl (C=O) groups is 2. The third-order valence-corrected chi connectivity index (χ3v) is 4.19. The number of aliphatic hydroxyl groups is 2. The lowest BCUT2D eigenvalue weighted by molar-refractivity contribution is -0.152. The summed E-state index contributed by atoms with van der Waals surface area (Å²) in [6.45, 7) is 1.66. The van der Waals surface area contributed by atoms with Gasteiger partial charge in [-0.25, -0.2) is 0 Å². The molecule has 7 nitrogen and oxygen atoms in total. The van der Waals surface area contributed by atoms with Crippen LogP contribution in [0.4, 0.5) is 5.69 Å². The molecule has 0 saturated carbocycles. The lowest BCUT2D eigenvalue weighted by Crippen LogP contribution is -2.54. The molecule has 2 N–H and O–H groups in total. The first kappa shape index (κ1) is 18.5. The number of hydrogen-bond donors (Lipinski definition) is 2. The maximum Gasteiger partial charge on any atom is 0.312 e. The highest BCUT2D eigenvalue weighted by atomic mass is 35.5. The van der Waals surface area contributed by atoms with Crippen molar-refractivity contribution >= 4 is 29.1 Å². The fourth-order valence-electron chi connectivity index (χ4n) is 2.67. The van der Waals surface area contributed by atoms with Crippen molar-refractivity contribution in [3.8, 4) is 0 Å². The zero-order valence-corrected chi connectivity index (χ0v) is 14.2. The summed E-state index contributed by atoms with van der Waals surface area (Å²) in [6, 6.07) is 7.51. The quantitative estimate of drug-likeness (QED) is 0.715. The van der Waals surface area contributed by atoms with Gasteiger partial charge in [0.25, 0.3) is 0 Å². The van der Waals surface area contributed by atoms with Crippen molar-refractivity contribution in [1.82, 2.24) is 9.80 Å². The topological polar surface area (TPSA) is 84.3 Å². The highest BCUT2D eigenvalue weighted by Crippen LogP contribution is 2.20. The Morgan fingerprint density at radius 2 is 1.71 bits per heavy atom. The molecule has 0 aliphatic carbocycles. The van der Waals surface area contributed by atoms with Crippen LogP contribution in [0.25, 0.3) is 0 Å². The average molecular weight is 356 g/mol. The predicted molar refractivity (Wildman–Crippen MR) is 91.0 cm³/mol. The summed E-state index contributed by atoms with van der Waals surface area (Å²) in [5, 5.41) is 18.6. The minimum atomic E-state index is -0.686. The molecule has 1 aliphatic heterocycles. The Morgan fingerprint density at radius 3 is 2.25 bits per heavy atom. The smallest absolute Gasteiger partial charge is 0.312 e. The fraction of sp³-hybridized carbons (Fsp3) is 0.500. The molecule has 24 heavy (non-hydrogen) atoms. The van der Waals surface area contributed by atoms with Gasteiger partial charge in [-0.3, -0.25) is 9.59 Å². The largest absolute Gasteiger partial charge is 0.395 e. The molecule has 1 fully saturated rings. The van der Waals surface area contributed by atoms with Gasteiger partial charge in [0, 0.05) is 50.0 Å². The molecule has 0 atom stereocenters. The van der Waals surface area contributed by atoms with E-state index in [-0.39, 0.29) is 26.3 Å². The number of benzene rings is 1. The second-order valence-electron chi connectivity index (χ2n) is 5.50. The van der Waals surface area contributed by atoms with E-state index in [0.717, 1.165) is 5.69 Å². The van der Waals surface area contributed by atoms with Crippen molar-refractivity contribution in [1.29, 1.82) is 0 Å². The van der Waals surface area contributed by atoms with Gasteiger partial charge in [0.15, 0.2) is 0 Å². The molecule has 1 heterocycles. The minimum Gasteiger partial charge on any atom is -0.395 e. The molecular weight excluding hydrogens is 334 g/mol. The van der Waals surface area contributed by atoms with Crippen LogP contribution in [0.2, 0.25) is 5.02 Å².